The van der Waals surface area contributed by atoms with Crippen molar-refractivity contribution >= 4 is 11.6 Å². The largest absolute Gasteiger partial charge is 0.384 e. The SMILES string of the molecule is CCCNc1ccc(C(=O)NCCc2cccnc2)nc1. The Kier molecular flexibility index (Phi) is 5.70. The first-order valence-corrected chi connectivity index (χ1v) is 7.16. The summed E-state index contributed by atoms with van der Waals surface area (Å²) in [5, 5.41) is 6.08. The number of aromatic nitrogens is 2. The van der Waals surface area contributed by atoms with Gasteiger partial charge < -0.3 is 10.6 Å². The zero-order valence-electron chi connectivity index (χ0n) is 12.2. The minimum Gasteiger partial charge on any atom is -0.384 e. The van der Waals surface area contributed by atoms with Crippen LogP contribution in [0, 0.1) is 0 Å². The highest BCUT2D eigenvalue weighted by atomic mass is 16.1. The Morgan fingerprint density at radius 1 is 1.19 bits per heavy atom. The van der Waals surface area contributed by atoms with Crippen LogP contribution < -0.4 is 10.6 Å². The lowest BCUT2D eigenvalue weighted by Gasteiger charge is -2.06. The number of nitrogens with one attached hydrogen (secondary N) is 2. The minimum absolute atomic E-state index is 0.152. The van der Waals surface area contributed by atoms with Crippen molar-refractivity contribution in [2.45, 2.75) is 19.8 Å². The number of rotatable bonds is 7. The van der Waals surface area contributed by atoms with Gasteiger partial charge in [0.1, 0.15) is 5.69 Å². The first-order valence-electron chi connectivity index (χ1n) is 7.16. The highest BCUT2D eigenvalue weighted by Gasteiger charge is 2.06. The topological polar surface area (TPSA) is 66.9 Å². The maximum Gasteiger partial charge on any atom is 0.269 e. The fraction of sp³-hybridized carbons (Fsp3) is 0.312. The molecule has 0 aromatic carbocycles. The van der Waals surface area contributed by atoms with Crippen molar-refractivity contribution < 1.29 is 4.79 Å². The Morgan fingerprint density at radius 3 is 2.76 bits per heavy atom. The average molecular weight is 284 g/mol. The molecule has 0 aliphatic rings. The highest BCUT2D eigenvalue weighted by Crippen LogP contribution is 2.06. The summed E-state index contributed by atoms with van der Waals surface area (Å²) < 4.78 is 0. The Bertz CT molecular complexity index is 554. The lowest BCUT2D eigenvalue weighted by atomic mass is 10.2. The van der Waals surface area contributed by atoms with Crippen molar-refractivity contribution in [1.82, 2.24) is 15.3 Å². The summed E-state index contributed by atoms with van der Waals surface area (Å²) in [4.78, 5) is 20.2. The van der Waals surface area contributed by atoms with E-state index < -0.39 is 0 Å². The molecule has 0 aliphatic carbocycles. The molecule has 2 heterocycles. The minimum atomic E-state index is -0.152. The predicted octanol–water partition coefficient (Wildman–Crippen LogP) is 2.27. The standard InChI is InChI=1S/C16H20N4O/c1-2-8-18-14-5-6-15(20-12-14)16(21)19-10-7-13-4-3-9-17-11-13/h3-6,9,11-12,18H,2,7-8,10H2,1H3,(H,19,21). The maximum absolute atomic E-state index is 12.0. The van der Waals surface area contributed by atoms with Gasteiger partial charge in [0.25, 0.3) is 5.91 Å². The molecule has 0 radical (unpaired) electrons. The third-order valence-corrected chi connectivity index (χ3v) is 3.00. The van der Waals surface area contributed by atoms with Crippen molar-refractivity contribution in [3.63, 3.8) is 0 Å². The van der Waals surface area contributed by atoms with E-state index in [9.17, 15) is 4.79 Å². The average Bonchev–Trinajstić information content (AvgIpc) is 2.54. The molecule has 2 N–H and O–H groups in total. The molecule has 0 saturated carbocycles. The zero-order chi connectivity index (χ0) is 14.9. The van der Waals surface area contributed by atoms with Gasteiger partial charge >= 0.3 is 0 Å². The molecule has 2 aromatic rings. The fourth-order valence-corrected chi connectivity index (χ4v) is 1.86. The van der Waals surface area contributed by atoms with Gasteiger partial charge in [-0.25, -0.2) is 4.98 Å². The second-order valence-corrected chi connectivity index (χ2v) is 4.73. The first kappa shape index (κ1) is 15.0. The Morgan fingerprint density at radius 2 is 2.10 bits per heavy atom. The molecule has 0 bridgehead atoms. The second-order valence-electron chi connectivity index (χ2n) is 4.73. The number of carbonyl (C=O) groups is 1. The van der Waals surface area contributed by atoms with Crippen LogP contribution in [0.15, 0.2) is 42.9 Å². The van der Waals surface area contributed by atoms with Crippen LogP contribution in [0.5, 0.6) is 0 Å². The van der Waals surface area contributed by atoms with Gasteiger partial charge in [-0.15, -0.1) is 0 Å². The van der Waals surface area contributed by atoms with E-state index in [1.54, 1.807) is 24.7 Å². The number of hydrogen-bond donors (Lipinski definition) is 2. The van der Waals surface area contributed by atoms with E-state index in [0.717, 1.165) is 30.6 Å². The molecule has 0 saturated heterocycles. The summed E-state index contributed by atoms with van der Waals surface area (Å²) in [7, 11) is 0. The van der Waals surface area contributed by atoms with E-state index in [0.29, 0.717) is 12.2 Å². The number of amides is 1. The smallest absolute Gasteiger partial charge is 0.269 e. The molecule has 0 spiro atoms. The molecule has 5 nitrogen and oxygen atoms in total. The normalized spacial score (nSPS) is 10.1. The molecule has 0 fully saturated rings. The van der Waals surface area contributed by atoms with Crippen LogP contribution in [0.2, 0.25) is 0 Å². The van der Waals surface area contributed by atoms with E-state index >= 15 is 0 Å². The Labute approximate surface area is 124 Å². The zero-order valence-corrected chi connectivity index (χ0v) is 12.2. The Balaban J connectivity index is 1.80. The molecule has 0 atom stereocenters. The summed E-state index contributed by atoms with van der Waals surface area (Å²) in [5.41, 5.74) is 2.47. The Hall–Kier alpha value is -2.43. The fourth-order valence-electron chi connectivity index (χ4n) is 1.86. The molecular formula is C16H20N4O. The van der Waals surface area contributed by atoms with Crippen LogP contribution in [0.1, 0.15) is 29.4 Å². The number of nitrogens with zero attached hydrogens (tertiary/aromatic N) is 2. The lowest BCUT2D eigenvalue weighted by Crippen LogP contribution is -2.26. The van der Waals surface area contributed by atoms with E-state index in [4.69, 9.17) is 0 Å². The molecular weight excluding hydrogens is 264 g/mol. The van der Waals surface area contributed by atoms with Crippen LogP contribution in [0.3, 0.4) is 0 Å². The van der Waals surface area contributed by atoms with Gasteiger partial charge in [0, 0.05) is 25.5 Å². The van der Waals surface area contributed by atoms with Crippen molar-refractivity contribution in [3.05, 3.63) is 54.1 Å². The van der Waals surface area contributed by atoms with E-state index in [1.807, 2.05) is 18.2 Å². The van der Waals surface area contributed by atoms with E-state index in [2.05, 4.69) is 27.5 Å². The van der Waals surface area contributed by atoms with Crippen molar-refractivity contribution in [2.24, 2.45) is 0 Å². The third kappa shape index (κ3) is 4.87. The lowest BCUT2D eigenvalue weighted by molar-refractivity contribution is 0.0949. The van der Waals surface area contributed by atoms with Gasteiger partial charge in [-0.2, -0.15) is 0 Å². The first-order chi connectivity index (χ1) is 10.3. The number of anilines is 1. The van der Waals surface area contributed by atoms with Gasteiger partial charge in [-0.3, -0.25) is 9.78 Å². The number of hydrogen-bond acceptors (Lipinski definition) is 4. The van der Waals surface area contributed by atoms with Gasteiger partial charge in [0.15, 0.2) is 0 Å². The van der Waals surface area contributed by atoms with Crippen LogP contribution in [-0.4, -0.2) is 29.0 Å². The molecule has 0 unspecified atom stereocenters. The van der Waals surface area contributed by atoms with Gasteiger partial charge in [-0.1, -0.05) is 13.0 Å². The van der Waals surface area contributed by atoms with Gasteiger partial charge in [0.2, 0.25) is 0 Å². The molecule has 2 rings (SSSR count). The number of pyridine rings is 2. The molecule has 5 heteroatoms. The van der Waals surface area contributed by atoms with Crippen LogP contribution in [0.25, 0.3) is 0 Å². The van der Waals surface area contributed by atoms with Crippen molar-refractivity contribution in [2.75, 3.05) is 18.4 Å². The second kappa shape index (κ2) is 7.99. The molecule has 1 amide bonds. The number of carbonyl (C=O) groups excluding carboxylic acids is 1. The van der Waals surface area contributed by atoms with Crippen LogP contribution >= 0.6 is 0 Å². The third-order valence-electron chi connectivity index (χ3n) is 3.00. The quantitative estimate of drug-likeness (QED) is 0.818. The maximum atomic E-state index is 12.0. The molecule has 110 valence electrons. The molecule has 2 aromatic heterocycles. The summed E-state index contributed by atoms with van der Waals surface area (Å²) in [6.45, 7) is 3.57. The summed E-state index contributed by atoms with van der Waals surface area (Å²) >= 11 is 0. The summed E-state index contributed by atoms with van der Waals surface area (Å²) in [6, 6.07) is 7.49. The van der Waals surface area contributed by atoms with Crippen molar-refractivity contribution in [3.8, 4) is 0 Å². The summed E-state index contributed by atoms with van der Waals surface area (Å²) in [5.74, 6) is -0.152. The van der Waals surface area contributed by atoms with Crippen LogP contribution in [0.4, 0.5) is 5.69 Å². The van der Waals surface area contributed by atoms with Crippen LogP contribution in [-0.2, 0) is 6.42 Å². The van der Waals surface area contributed by atoms with Gasteiger partial charge in [0.05, 0.1) is 11.9 Å². The monoisotopic (exact) mass is 284 g/mol. The highest BCUT2D eigenvalue weighted by molar-refractivity contribution is 5.92. The van der Waals surface area contributed by atoms with Gasteiger partial charge in [-0.05, 0) is 36.6 Å². The van der Waals surface area contributed by atoms with E-state index in [-0.39, 0.29) is 5.91 Å². The summed E-state index contributed by atoms with van der Waals surface area (Å²) in [6.07, 6.45) is 7.04. The van der Waals surface area contributed by atoms with Crippen molar-refractivity contribution in [1.29, 1.82) is 0 Å². The molecule has 0 aliphatic heterocycles. The molecule has 21 heavy (non-hydrogen) atoms. The predicted molar refractivity (Wildman–Crippen MR) is 83.3 cm³/mol. The van der Waals surface area contributed by atoms with E-state index in [1.165, 1.54) is 0 Å².